The van der Waals surface area contributed by atoms with Gasteiger partial charge in [-0.1, -0.05) is 0 Å². The van der Waals surface area contributed by atoms with Crippen LogP contribution in [0.2, 0.25) is 0 Å². The summed E-state index contributed by atoms with van der Waals surface area (Å²) >= 11 is 1.42. The second-order valence-electron chi connectivity index (χ2n) is 4.84. The van der Waals surface area contributed by atoms with E-state index in [0.29, 0.717) is 16.3 Å². The lowest BCUT2D eigenvalue weighted by Crippen LogP contribution is -2.09. The number of anilines is 2. The summed E-state index contributed by atoms with van der Waals surface area (Å²) in [4.78, 5) is 12.8. The number of ether oxygens (including phenoxy) is 1. The standard InChI is InChI=1S/C13H20N2O2S/c1-4-15-13-11(17-7(2)3)9(14)12(18-13)10(16)8-5-6-8/h7-8,15H,4-6,14H2,1-3H3. The van der Waals surface area contributed by atoms with Crippen LogP contribution in [-0.4, -0.2) is 18.4 Å². The van der Waals surface area contributed by atoms with Crippen LogP contribution >= 0.6 is 11.3 Å². The number of nitrogen functional groups attached to an aromatic ring is 1. The summed E-state index contributed by atoms with van der Waals surface area (Å²) in [6, 6.07) is 0. The van der Waals surface area contributed by atoms with Crippen LogP contribution in [0.1, 0.15) is 43.3 Å². The number of nitrogens with two attached hydrogens (primary N) is 1. The molecule has 0 aliphatic heterocycles. The van der Waals surface area contributed by atoms with E-state index in [9.17, 15) is 4.79 Å². The first-order valence-electron chi connectivity index (χ1n) is 6.41. The van der Waals surface area contributed by atoms with Crippen molar-refractivity contribution in [2.24, 2.45) is 5.92 Å². The molecule has 1 aromatic heterocycles. The van der Waals surface area contributed by atoms with E-state index in [2.05, 4.69) is 5.32 Å². The van der Waals surface area contributed by atoms with Crippen molar-refractivity contribution in [3.05, 3.63) is 4.88 Å². The maximum atomic E-state index is 12.1. The highest BCUT2D eigenvalue weighted by Crippen LogP contribution is 2.46. The third kappa shape index (κ3) is 2.61. The Morgan fingerprint density at radius 1 is 1.56 bits per heavy atom. The zero-order valence-corrected chi connectivity index (χ0v) is 11.9. The molecule has 1 aliphatic carbocycles. The molecule has 0 aromatic carbocycles. The Morgan fingerprint density at radius 2 is 2.22 bits per heavy atom. The van der Waals surface area contributed by atoms with Crippen LogP contribution in [0.3, 0.4) is 0 Å². The summed E-state index contributed by atoms with van der Waals surface area (Å²) in [5, 5.41) is 4.09. The normalized spacial score (nSPS) is 14.9. The molecule has 0 unspecified atom stereocenters. The maximum Gasteiger partial charge on any atom is 0.178 e. The topological polar surface area (TPSA) is 64.4 Å². The van der Waals surface area contributed by atoms with Gasteiger partial charge in [0.2, 0.25) is 0 Å². The molecule has 3 N–H and O–H groups in total. The Balaban J connectivity index is 2.32. The monoisotopic (exact) mass is 268 g/mol. The van der Waals surface area contributed by atoms with E-state index >= 15 is 0 Å². The molecule has 0 saturated heterocycles. The fraction of sp³-hybridized carbons (Fsp3) is 0.615. The van der Waals surface area contributed by atoms with Crippen molar-refractivity contribution in [2.75, 3.05) is 17.6 Å². The van der Waals surface area contributed by atoms with Crippen molar-refractivity contribution >= 4 is 27.8 Å². The molecule has 5 heteroatoms. The second-order valence-corrected chi connectivity index (χ2v) is 5.86. The van der Waals surface area contributed by atoms with Crippen LogP contribution in [0.4, 0.5) is 10.7 Å². The first kappa shape index (κ1) is 13.2. The highest BCUT2D eigenvalue weighted by Gasteiger charge is 2.34. The van der Waals surface area contributed by atoms with Crippen molar-refractivity contribution in [1.82, 2.24) is 0 Å². The maximum absolute atomic E-state index is 12.1. The van der Waals surface area contributed by atoms with Gasteiger partial charge in [-0.05, 0) is 33.6 Å². The molecule has 1 aromatic rings. The van der Waals surface area contributed by atoms with Gasteiger partial charge in [-0.15, -0.1) is 11.3 Å². The third-order valence-electron chi connectivity index (χ3n) is 2.76. The minimum atomic E-state index is 0.0446. The first-order chi connectivity index (χ1) is 8.54. The Bertz CT molecular complexity index is 450. The minimum Gasteiger partial charge on any atom is -0.486 e. The number of carbonyl (C=O) groups excluding carboxylic acids is 1. The van der Waals surface area contributed by atoms with Gasteiger partial charge in [0.15, 0.2) is 11.5 Å². The zero-order chi connectivity index (χ0) is 13.3. The van der Waals surface area contributed by atoms with Crippen LogP contribution in [0.5, 0.6) is 5.75 Å². The Hall–Kier alpha value is -1.23. The average molecular weight is 268 g/mol. The number of nitrogens with one attached hydrogen (secondary N) is 1. The van der Waals surface area contributed by atoms with Gasteiger partial charge >= 0.3 is 0 Å². The van der Waals surface area contributed by atoms with E-state index in [1.165, 1.54) is 11.3 Å². The van der Waals surface area contributed by atoms with Crippen LogP contribution in [0.15, 0.2) is 0 Å². The van der Waals surface area contributed by atoms with Gasteiger partial charge < -0.3 is 15.8 Å². The molecule has 0 radical (unpaired) electrons. The van der Waals surface area contributed by atoms with E-state index in [0.717, 1.165) is 24.4 Å². The molecular formula is C13H20N2O2S. The van der Waals surface area contributed by atoms with Gasteiger partial charge in [-0.2, -0.15) is 0 Å². The lowest BCUT2D eigenvalue weighted by atomic mass is 10.2. The second kappa shape index (κ2) is 5.18. The van der Waals surface area contributed by atoms with Crippen molar-refractivity contribution in [2.45, 2.75) is 39.7 Å². The fourth-order valence-electron chi connectivity index (χ4n) is 1.77. The van der Waals surface area contributed by atoms with Gasteiger partial charge in [0, 0.05) is 12.5 Å². The number of Topliss-reactive ketones (excluding diaryl/α,β-unsaturated/α-hetero) is 1. The SMILES string of the molecule is CCNc1sc(C(=O)C2CC2)c(N)c1OC(C)C. The predicted molar refractivity (Wildman–Crippen MR) is 75.7 cm³/mol. The molecule has 1 saturated carbocycles. The number of carbonyl (C=O) groups is 1. The molecule has 4 nitrogen and oxygen atoms in total. The van der Waals surface area contributed by atoms with E-state index in [-0.39, 0.29) is 17.8 Å². The molecule has 2 rings (SSSR count). The van der Waals surface area contributed by atoms with Crippen molar-refractivity contribution in [1.29, 1.82) is 0 Å². The van der Waals surface area contributed by atoms with Crippen LogP contribution < -0.4 is 15.8 Å². The number of hydrogen-bond donors (Lipinski definition) is 2. The number of hydrogen-bond acceptors (Lipinski definition) is 5. The molecule has 1 fully saturated rings. The number of thiophene rings is 1. The quantitative estimate of drug-likeness (QED) is 0.778. The highest BCUT2D eigenvalue weighted by atomic mass is 32.1. The molecule has 0 amide bonds. The lowest BCUT2D eigenvalue weighted by molar-refractivity contribution is 0.0972. The van der Waals surface area contributed by atoms with Gasteiger partial charge in [-0.3, -0.25) is 4.79 Å². The van der Waals surface area contributed by atoms with Gasteiger partial charge in [0.05, 0.1) is 16.7 Å². The van der Waals surface area contributed by atoms with E-state index in [1.54, 1.807) is 0 Å². The summed E-state index contributed by atoms with van der Waals surface area (Å²) in [7, 11) is 0. The van der Waals surface area contributed by atoms with Gasteiger partial charge in [-0.25, -0.2) is 0 Å². The van der Waals surface area contributed by atoms with E-state index < -0.39 is 0 Å². The highest BCUT2D eigenvalue weighted by molar-refractivity contribution is 7.19. The summed E-state index contributed by atoms with van der Waals surface area (Å²) in [5.41, 5.74) is 6.58. The first-order valence-corrected chi connectivity index (χ1v) is 7.23. The summed E-state index contributed by atoms with van der Waals surface area (Å²) in [6.45, 7) is 6.70. The third-order valence-corrected chi connectivity index (χ3v) is 3.92. The Morgan fingerprint density at radius 3 is 2.72 bits per heavy atom. The molecule has 100 valence electrons. The van der Waals surface area contributed by atoms with Gasteiger partial charge in [0.25, 0.3) is 0 Å². The number of ketones is 1. The molecule has 1 aliphatic rings. The van der Waals surface area contributed by atoms with E-state index in [1.807, 2.05) is 20.8 Å². The zero-order valence-electron chi connectivity index (χ0n) is 11.1. The molecule has 0 atom stereocenters. The average Bonchev–Trinajstić information content (AvgIpc) is 3.10. The molecule has 1 heterocycles. The summed E-state index contributed by atoms with van der Waals surface area (Å²) < 4.78 is 5.73. The minimum absolute atomic E-state index is 0.0446. The smallest absolute Gasteiger partial charge is 0.178 e. The molecule has 0 spiro atoms. The molecule has 18 heavy (non-hydrogen) atoms. The number of rotatable bonds is 6. The van der Waals surface area contributed by atoms with Crippen LogP contribution in [-0.2, 0) is 0 Å². The van der Waals surface area contributed by atoms with E-state index in [4.69, 9.17) is 10.5 Å². The largest absolute Gasteiger partial charge is 0.486 e. The van der Waals surface area contributed by atoms with Crippen LogP contribution in [0.25, 0.3) is 0 Å². The molecule has 0 bridgehead atoms. The van der Waals surface area contributed by atoms with Gasteiger partial charge in [0.1, 0.15) is 5.00 Å². The van der Waals surface area contributed by atoms with Crippen molar-refractivity contribution in [3.63, 3.8) is 0 Å². The van der Waals surface area contributed by atoms with Crippen LogP contribution in [0, 0.1) is 5.92 Å². The van der Waals surface area contributed by atoms with Crippen molar-refractivity contribution < 1.29 is 9.53 Å². The Kier molecular flexibility index (Phi) is 3.80. The fourth-order valence-corrected chi connectivity index (χ4v) is 2.91. The Labute approximate surface area is 112 Å². The predicted octanol–water partition coefficient (Wildman–Crippen LogP) is 3.14. The lowest BCUT2D eigenvalue weighted by Gasteiger charge is -2.11. The summed E-state index contributed by atoms with van der Waals surface area (Å²) in [5.74, 6) is 1.00. The summed E-state index contributed by atoms with van der Waals surface area (Å²) in [6.07, 6.45) is 2.03. The van der Waals surface area contributed by atoms with Crippen molar-refractivity contribution in [3.8, 4) is 5.75 Å². The molecular weight excluding hydrogens is 248 g/mol.